The predicted molar refractivity (Wildman–Crippen MR) is 83.0 cm³/mol. The minimum absolute atomic E-state index is 0.294. The van der Waals surface area contributed by atoms with Crippen molar-refractivity contribution < 1.29 is 14.3 Å². The van der Waals surface area contributed by atoms with E-state index in [0.717, 1.165) is 0 Å². The van der Waals surface area contributed by atoms with Crippen LogP contribution in [0.4, 0.5) is 0 Å². The number of carbonyl (C=O) groups is 2. The fourth-order valence-corrected chi connectivity index (χ4v) is 2.03. The highest BCUT2D eigenvalue weighted by Crippen LogP contribution is 2.28. The summed E-state index contributed by atoms with van der Waals surface area (Å²) in [7, 11) is 0. The zero-order valence-electron chi connectivity index (χ0n) is 11.5. The van der Waals surface area contributed by atoms with Crippen LogP contribution in [0.1, 0.15) is 17.4 Å². The molecule has 2 aromatic rings. The standard InChI is InChI=1S/C14H13Cl2N3O3/c1-8(22-12-5-4-9(15)7-10(12)16)13(20)18-19-14(21)11-3-2-6-17-11/h2-8,17H,1H3,(H,18,20)(H,19,21). The molecule has 0 radical (unpaired) electrons. The Hall–Kier alpha value is -2.18. The number of H-pyrrole nitrogens is 1. The molecule has 2 amide bonds. The van der Waals surface area contributed by atoms with Gasteiger partial charge in [0.25, 0.3) is 11.8 Å². The molecule has 1 unspecified atom stereocenters. The third-order valence-electron chi connectivity index (χ3n) is 2.71. The van der Waals surface area contributed by atoms with E-state index in [1.54, 1.807) is 30.5 Å². The SMILES string of the molecule is CC(Oc1ccc(Cl)cc1Cl)C(=O)NNC(=O)c1ccc[nH]1. The molecule has 1 aromatic carbocycles. The number of carbonyl (C=O) groups excluding carboxylic acids is 2. The summed E-state index contributed by atoms with van der Waals surface area (Å²) in [6.45, 7) is 1.53. The van der Waals surface area contributed by atoms with Crippen molar-refractivity contribution in [2.75, 3.05) is 0 Å². The number of nitrogens with one attached hydrogen (secondary N) is 3. The smallest absolute Gasteiger partial charge is 0.286 e. The van der Waals surface area contributed by atoms with Crippen molar-refractivity contribution in [3.8, 4) is 5.75 Å². The summed E-state index contributed by atoms with van der Waals surface area (Å²) >= 11 is 11.7. The Morgan fingerprint density at radius 2 is 2.00 bits per heavy atom. The van der Waals surface area contributed by atoms with Crippen LogP contribution >= 0.6 is 23.2 Å². The van der Waals surface area contributed by atoms with Gasteiger partial charge in [0, 0.05) is 11.2 Å². The molecular weight excluding hydrogens is 329 g/mol. The fraction of sp³-hybridized carbons (Fsp3) is 0.143. The van der Waals surface area contributed by atoms with Crippen molar-refractivity contribution in [2.24, 2.45) is 0 Å². The lowest BCUT2D eigenvalue weighted by Gasteiger charge is -2.15. The van der Waals surface area contributed by atoms with Crippen molar-refractivity contribution in [1.29, 1.82) is 0 Å². The van der Waals surface area contributed by atoms with Gasteiger partial charge < -0.3 is 9.72 Å². The van der Waals surface area contributed by atoms with E-state index in [2.05, 4.69) is 15.8 Å². The Bertz CT molecular complexity index is 674. The van der Waals surface area contributed by atoms with Gasteiger partial charge in [-0.1, -0.05) is 23.2 Å². The van der Waals surface area contributed by atoms with Crippen LogP contribution in [0, 0.1) is 0 Å². The predicted octanol–water partition coefficient (Wildman–Crippen LogP) is 2.55. The van der Waals surface area contributed by atoms with Crippen molar-refractivity contribution in [1.82, 2.24) is 15.8 Å². The summed E-state index contributed by atoms with van der Waals surface area (Å²) in [4.78, 5) is 26.2. The lowest BCUT2D eigenvalue weighted by molar-refractivity contribution is -0.128. The number of ether oxygens (including phenoxy) is 1. The number of amides is 2. The van der Waals surface area contributed by atoms with Crippen molar-refractivity contribution in [3.05, 3.63) is 52.3 Å². The molecule has 0 aliphatic rings. The largest absolute Gasteiger partial charge is 0.479 e. The summed E-state index contributed by atoms with van der Waals surface area (Å²) in [5.74, 6) is -0.662. The first kappa shape index (κ1) is 16.2. The van der Waals surface area contributed by atoms with E-state index < -0.39 is 17.9 Å². The number of rotatable bonds is 4. The summed E-state index contributed by atoms with van der Waals surface area (Å²) < 4.78 is 5.42. The number of aromatic nitrogens is 1. The first-order chi connectivity index (χ1) is 10.5. The number of halogens is 2. The minimum Gasteiger partial charge on any atom is -0.479 e. The molecule has 2 rings (SSSR count). The van der Waals surface area contributed by atoms with Crippen molar-refractivity contribution in [3.63, 3.8) is 0 Å². The zero-order chi connectivity index (χ0) is 16.1. The van der Waals surface area contributed by atoms with Crippen molar-refractivity contribution >= 4 is 35.0 Å². The van der Waals surface area contributed by atoms with E-state index >= 15 is 0 Å². The fourth-order valence-electron chi connectivity index (χ4n) is 1.57. The lowest BCUT2D eigenvalue weighted by Crippen LogP contribution is -2.47. The van der Waals surface area contributed by atoms with E-state index in [4.69, 9.17) is 27.9 Å². The Morgan fingerprint density at radius 1 is 1.23 bits per heavy atom. The number of hydrazine groups is 1. The monoisotopic (exact) mass is 341 g/mol. The van der Waals surface area contributed by atoms with Crippen LogP contribution in [0.15, 0.2) is 36.5 Å². The minimum atomic E-state index is -0.859. The number of hydrogen-bond donors (Lipinski definition) is 3. The lowest BCUT2D eigenvalue weighted by atomic mass is 10.3. The van der Waals surface area contributed by atoms with Crippen LogP contribution in [0.25, 0.3) is 0 Å². The quantitative estimate of drug-likeness (QED) is 0.747. The average molecular weight is 342 g/mol. The number of hydrogen-bond acceptors (Lipinski definition) is 3. The molecule has 0 saturated heterocycles. The molecule has 3 N–H and O–H groups in total. The highest BCUT2D eigenvalue weighted by atomic mass is 35.5. The normalized spacial score (nSPS) is 11.6. The molecular formula is C14H13Cl2N3O3. The van der Waals surface area contributed by atoms with E-state index in [0.29, 0.717) is 21.5 Å². The molecule has 0 aliphatic carbocycles. The van der Waals surface area contributed by atoms with Gasteiger partial charge in [-0.3, -0.25) is 20.4 Å². The van der Waals surface area contributed by atoms with Gasteiger partial charge in [-0.15, -0.1) is 0 Å². The van der Waals surface area contributed by atoms with Crippen LogP contribution in [0.3, 0.4) is 0 Å². The maximum atomic E-state index is 11.9. The van der Waals surface area contributed by atoms with Gasteiger partial charge >= 0.3 is 0 Å². The van der Waals surface area contributed by atoms with Gasteiger partial charge in [-0.25, -0.2) is 0 Å². The summed E-state index contributed by atoms with van der Waals surface area (Å²) in [5.41, 5.74) is 4.87. The van der Waals surface area contributed by atoms with Gasteiger partial charge in [0.15, 0.2) is 6.10 Å². The molecule has 1 atom stereocenters. The number of benzene rings is 1. The number of aromatic amines is 1. The molecule has 0 spiro atoms. The molecule has 0 aliphatic heterocycles. The second-order valence-electron chi connectivity index (χ2n) is 4.36. The molecule has 0 saturated carbocycles. The highest BCUT2D eigenvalue weighted by molar-refractivity contribution is 6.35. The van der Waals surface area contributed by atoms with Crippen LogP contribution < -0.4 is 15.6 Å². The molecule has 8 heteroatoms. The molecule has 116 valence electrons. The van der Waals surface area contributed by atoms with Gasteiger partial charge in [0.1, 0.15) is 11.4 Å². The molecule has 22 heavy (non-hydrogen) atoms. The Labute approximate surface area is 136 Å². The van der Waals surface area contributed by atoms with E-state index in [-0.39, 0.29) is 0 Å². The molecule has 0 bridgehead atoms. The van der Waals surface area contributed by atoms with Crippen LogP contribution in [-0.4, -0.2) is 22.9 Å². The molecule has 1 aromatic heterocycles. The average Bonchev–Trinajstić information content (AvgIpc) is 3.01. The van der Waals surface area contributed by atoms with Gasteiger partial charge in [-0.2, -0.15) is 0 Å². The third kappa shape index (κ3) is 4.16. The van der Waals surface area contributed by atoms with Gasteiger partial charge in [-0.05, 0) is 37.3 Å². The van der Waals surface area contributed by atoms with Gasteiger partial charge in [0.2, 0.25) is 0 Å². The van der Waals surface area contributed by atoms with Crippen LogP contribution in [0.5, 0.6) is 5.75 Å². The Balaban J connectivity index is 1.88. The van der Waals surface area contributed by atoms with Crippen molar-refractivity contribution in [2.45, 2.75) is 13.0 Å². The maximum absolute atomic E-state index is 11.9. The Kier molecular flexibility index (Phi) is 5.30. The van der Waals surface area contributed by atoms with Crippen LogP contribution in [-0.2, 0) is 4.79 Å². The van der Waals surface area contributed by atoms with Crippen LogP contribution in [0.2, 0.25) is 10.0 Å². The highest BCUT2D eigenvalue weighted by Gasteiger charge is 2.17. The molecule has 6 nitrogen and oxygen atoms in total. The molecule has 0 fully saturated rings. The second-order valence-corrected chi connectivity index (χ2v) is 5.21. The summed E-state index contributed by atoms with van der Waals surface area (Å²) in [5, 5.41) is 0.759. The zero-order valence-corrected chi connectivity index (χ0v) is 13.0. The van der Waals surface area contributed by atoms with Gasteiger partial charge in [0.05, 0.1) is 5.02 Å². The second kappa shape index (κ2) is 7.20. The Morgan fingerprint density at radius 3 is 2.64 bits per heavy atom. The summed E-state index contributed by atoms with van der Waals surface area (Å²) in [6, 6.07) is 7.92. The van der Waals surface area contributed by atoms with E-state index in [9.17, 15) is 9.59 Å². The summed E-state index contributed by atoms with van der Waals surface area (Å²) in [6.07, 6.45) is 0.743. The maximum Gasteiger partial charge on any atom is 0.286 e. The van der Waals surface area contributed by atoms with E-state index in [1.807, 2.05) is 0 Å². The van der Waals surface area contributed by atoms with E-state index in [1.165, 1.54) is 13.0 Å². The molecule has 1 heterocycles. The first-order valence-electron chi connectivity index (χ1n) is 6.32. The topological polar surface area (TPSA) is 83.2 Å². The first-order valence-corrected chi connectivity index (χ1v) is 7.08. The third-order valence-corrected chi connectivity index (χ3v) is 3.24.